The van der Waals surface area contributed by atoms with Crippen LogP contribution >= 0.6 is 23.4 Å². The van der Waals surface area contributed by atoms with Gasteiger partial charge < -0.3 is 9.47 Å². The van der Waals surface area contributed by atoms with Gasteiger partial charge in [-0.05, 0) is 49.4 Å². The highest BCUT2D eigenvalue weighted by molar-refractivity contribution is 8.00. The van der Waals surface area contributed by atoms with Crippen LogP contribution < -0.4 is 9.47 Å². The number of benzene rings is 2. The van der Waals surface area contributed by atoms with Crippen LogP contribution in [0.4, 0.5) is 0 Å². The molecule has 2 aromatic rings. The number of rotatable bonds is 6. The van der Waals surface area contributed by atoms with E-state index in [0.717, 1.165) is 4.90 Å². The van der Waals surface area contributed by atoms with E-state index in [-0.39, 0.29) is 11.0 Å². The minimum absolute atomic E-state index is 0.0425. The van der Waals surface area contributed by atoms with Crippen molar-refractivity contribution in [1.82, 2.24) is 0 Å². The molecule has 0 aromatic heterocycles. The summed E-state index contributed by atoms with van der Waals surface area (Å²) in [5.74, 6) is 1.20. The first-order valence-electron chi connectivity index (χ1n) is 6.73. The Hall–Kier alpha value is -1.65. The first-order valence-corrected chi connectivity index (χ1v) is 7.99. The molecule has 0 fully saturated rings. The first kappa shape index (κ1) is 16.7. The summed E-state index contributed by atoms with van der Waals surface area (Å²) in [6.07, 6.45) is 0. The molecule has 2 rings (SSSR count). The van der Waals surface area contributed by atoms with Crippen molar-refractivity contribution in [2.24, 2.45) is 0 Å². The van der Waals surface area contributed by atoms with Crippen LogP contribution in [-0.4, -0.2) is 25.3 Å². The Morgan fingerprint density at radius 3 is 2.27 bits per heavy atom. The number of carbonyl (C=O) groups is 1. The van der Waals surface area contributed by atoms with Crippen molar-refractivity contribution in [3.8, 4) is 11.5 Å². The molecule has 0 heterocycles. The van der Waals surface area contributed by atoms with Gasteiger partial charge in [0.15, 0.2) is 17.3 Å². The van der Waals surface area contributed by atoms with Crippen LogP contribution in [0.5, 0.6) is 11.5 Å². The lowest BCUT2D eigenvalue weighted by atomic mass is 10.1. The largest absolute Gasteiger partial charge is 0.493 e. The summed E-state index contributed by atoms with van der Waals surface area (Å²) >= 11 is 7.37. The molecule has 0 aliphatic carbocycles. The quantitative estimate of drug-likeness (QED) is 0.564. The van der Waals surface area contributed by atoms with E-state index in [2.05, 4.69) is 0 Å². The van der Waals surface area contributed by atoms with E-state index < -0.39 is 0 Å². The number of carbonyl (C=O) groups excluding carboxylic acids is 1. The van der Waals surface area contributed by atoms with E-state index in [1.54, 1.807) is 32.4 Å². The highest BCUT2D eigenvalue weighted by atomic mass is 35.5. The summed E-state index contributed by atoms with van der Waals surface area (Å²) in [5, 5.41) is 0.475. The monoisotopic (exact) mass is 336 g/mol. The Morgan fingerprint density at radius 1 is 1.05 bits per heavy atom. The van der Waals surface area contributed by atoms with E-state index in [4.69, 9.17) is 21.1 Å². The average molecular weight is 337 g/mol. The predicted octanol–water partition coefficient (Wildman–Crippen LogP) is 4.72. The number of Topliss-reactive ketones (excluding diaryl/α,β-unsaturated/α-hetero) is 1. The van der Waals surface area contributed by atoms with Crippen LogP contribution in [0.2, 0.25) is 5.02 Å². The van der Waals surface area contributed by atoms with Gasteiger partial charge in [-0.3, -0.25) is 4.79 Å². The number of ketones is 1. The predicted molar refractivity (Wildman–Crippen MR) is 90.6 cm³/mol. The molecular formula is C17H17ClO3S. The fraction of sp³-hybridized carbons (Fsp3) is 0.235. The van der Waals surface area contributed by atoms with Crippen LogP contribution in [-0.2, 0) is 0 Å². The molecule has 0 spiro atoms. The molecule has 0 saturated heterocycles. The van der Waals surface area contributed by atoms with E-state index in [1.165, 1.54) is 11.8 Å². The minimum atomic E-state index is -0.209. The summed E-state index contributed by atoms with van der Waals surface area (Å²) in [6.45, 7) is 1.89. The van der Waals surface area contributed by atoms with Gasteiger partial charge in [0.25, 0.3) is 0 Å². The number of hydrogen-bond donors (Lipinski definition) is 0. The van der Waals surface area contributed by atoms with Gasteiger partial charge in [-0.25, -0.2) is 0 Å². The van der Waals surface area contributed by atoms with Gasteiger partial charge in [-0.2, -0.15) is 0 Å². The fourth-order valence-corrected chi connectivity index (χ4v) is 3.07. The van der Waals surface area contributed by atoms with Crippen molar-refractivity contribution < 1.29 is 14.3 Å². The zero-order chi connectivity index (χ0) is 16.1. The summed E-state index contributed by atoms with van der Waals surface area (Å²) < 4.78 is 10.4. The van der Waals surface area contributed by atoms with E-state index in [0.29, 0.717) is 22.1 Å². The van der Waals surface area contributed by atoms with E-state index in [1.807, 2.05) is 31.2 Å². The van der Waals surface area contributed by atoms with Crippen molar-refractivity contribution in [3.05, 3.63) is 53.1 Å². The lowest BCUT2D eigenvalue weighted by Gasteiger charge is -2.13. The fourth-order valence-electron chi connectivity index (χ4n) is 2.00. The molecule has 116 valence electrons. The lowest BCUT2D eigenvalue weighted by molar-refractivity contribution is 0.0993. The van der Waals surface area contributed by atoms with Crippen LogP contribution in [0.15, 0.2) is 47.4 Å². The summed E-state index contributed by atoms with van der Waals surface area (Å²) in [7, 11) is 3.12. The third-order valence-corrected chi connectivity index (χ3v) is 4.53. The Labute approximate surface area is 139 Å². The second-order valence-electron chi connectivity index (χ2n) is 4.65. The van der Waals surface area contributed by atoms with Gasteiger partial charge in [0.05, 0.1) is 19.5 Å². The molecule has 5 heteroatoms. The number of halogens is 1. The van der Waals surface area contributed by atoms with Crippen molar-refractivity contribution in [3.63, 3.8) is 0 Å². The highest BCUT2D eigenvalue weighted by Crippen LogP contribution is 2.31. The smallest absolute Gasteiger partial charge is 0.176 e. The van der Waals surface area contributed by atoms with Gasteiger partial charge in [0.2, 0.25) is 0 Å². The molecule has 0 saturated carbocycles. The standard InChI is InChI=1S/C17H17ClO3S/c1-11(22-14-7-5-13(18)6-8-14)17(19)12-4-9-15(20-2)16(10-12)21-3/h4-11H,1-3H3. The summed E-state index contributed by atoms with van der Waals surface area (Å²) in [6, 6.07) is 12.7. The molecule has 0 aliphatic rings. The van der Waals surface area contributed by atoms with Gasteiger partial charge in [0.1, 0.15) is 0 Å². The molecule has 0 radical (unpaired) electrons. The Balaban J connectivity index is 2.14. The van der Waals surface area contributed by atoms with E-state index >= 15 is 0 Å². The molecule has 0 N–H and O–H groups in total. The molecule has 3 nitrogen and oxygen atoms in total. The number of methoxy groups -OCH3 is 2. The first-order chi connectivity index (χ1) is 10.5. The maximum absolute atomic E-state index is 12.5. The Kier molecular flexibility index (Phi) is 5.75. The van der Waals surface area contributed by atoms with E-state index in [9.17, 15) is 4.79 Å². The molecule has 0 bridgehead atoms. The molecular weight excluding hydrogens is 320 g/mol. The second-order valence-corrected chi connectivity index (χ2v) is 6.50. The lowest BCUT2D eigenvalue weighted by Crippen LogP contribution is -2.13. The zero-order valence-corrected chi connectivity index (χ0v) is 14.2. The van der Waals surface area contributed by atoms with Crippen LogP contribution in [0.1, 0.15) is 17.3 Å². The Morgan fingerprint density at radius 2 is 1.68 bits per heavy atom. The maximum Gasteiger partial charge on any atom is 0.176 e. The molecule has 0 amide bonds. The Bertz CT molecular complexity index is 655. The average Bonchev–Trinajstić information content (AvgIpc) is 2.55. The molecule has 0 aliphatic heterocycles. The third kappa shape index (κ3) is 3.96. The van der Waals surface area contributed by atoms with Crippen LogP contribution in [0, 0.1) is 0 Å². The SMILES string of the molecule is COc1ccc(C(=O)C(C)Sc2ccc(Cl)cc2)cc1OC. The van der Waals surface area contributed by atoms with Crippen molar-refractivity contribution in [2.45, 2.75) is 17.1 Å². The van der Waals surface area contributed by atoms with Gasteiger partial charge in [0, 0.05) is 15.5 Å². The summed E-state index contributed by atoms with van der Waals surface area (Å²) in [4.78, 5) is 13.5. The van der Waals surface area contributed by atoms with Crippen molar-refractivity contribution in [1.29, 1.82) is 0 Å². The molecule has 2 aromatic carbocycles. The highest BCUT2D eigenvalue weighted by Gasteiger charge is 2.18. The molecule has 1 atom stereocenters. The third-order valence-electron chi connectivity index (χ3n) is 3.16. The van der Waals surface area contributed by atoms with Gasteiger partial charge in [-0.15, -0.1) is 11.8 Å². The van der Waals surface area contributed by atoms with Crippen molar-refractivity contribution >= 4 is 29.1 Å². The number of ether oxygens (including phenoxy) is 2. The minimum Gasteiger partial charge on any atom is -0.493 e. The molecule has 1 unspecified atom stereocenters. The normalized spacial score (nSPS) is 11.8. The topological polar surface area (TPSA) is 35.5 Å². The van der Waals surface area contributed by atoms with Gasteiger partial charge in [-0.1, -0.05) is 11.6 Å². The van der Waals surface area contributed by atoms with Crippen molar-refractivity contribution in [2.75, 3.05) is 14.2 Å². The molecule has 22 heavy (non-hydrogen) atoms. The number of hydrogen-bond acceptors (Lipinski definition) is 4. The van der Waals surface area contributed by atoms with Crippen LogP contribution in [0.3, 0.4) is 0 Å². The second kappa shape index (κ2) is 7.56. The number of thioether (sulfide) groups is 1. The van der Waals surface area contributed by atoms with Crippen LogP contribution in [0.25, 0.3) is 0 Å². The maximum atomic E-state index is 12.5. The summed E-state index contributed by atoms with van der Waals surface area (Å²) in [5.41, 5.74) is 0.603. The zero-order valence-electron chi connectivity index (χ0n) is 12.6. The van der Waals surface area contributed by atoms with Gasteiger partial charge >= 0.3 is 0 Å².